The zero-order chi connectivity index (χ0) is 16.5. The first-order valence-corrected chi connectivity index (χ1v) is 8.21. The third-order valence-electron chi connectivity index (χ3n) is 3.51. The first-order valence-electron chi connectivity index (χ1n) is 7.22. The highest BCUT2D eigenvalue weighted by atomic mass is 32.2. The molecule has 0 aliphatic carbocycles. The fraction of sp³-hybridized carbons (Fsp3) is 0.0625. The predicted octanol–water partition coefficient (Wildman–Crippen LogP) is 2.74. The molecule has 0 saturated heterocycles. The van der Waals surface area contributed by atoms with Crippen molar-refractivity contribution in [1.29, 1.82) is 0 Å². The van der Waals surface area contributed by atoms with Gasteiger partial charge in [-0.3, -0.25) is 0 Å². The summed E-state index contributed by atoms with van der Waals surface area (Å²) in [6.07, 6.45) is 3.91. The van der Waals surface area contributed by atoms with Gasteiger partial charge in [0.2, 0.25) is 5.16 Å². The van der Waals surface area contributed by atoms with E-state index in [1.807, 2.05) is 35.0 Å². The number of nitrogen functional groups attached to an aromatic ring is 1. The van der Waals surface area contributed by atoms with Crippen molar-refractivity contribution in [3.05, 3.63) is 66.4 Å². The number of hydrogen-bond donors (Lipinski definition) is 1. The molecule has 3 heterocycles. The van der Waals surface area contributed by atoms with Crippen molar-refractivity contribution in [2.45, 2.75) is 10.9 Å². The molecule has 0 unspecified atom stereocenters. The van der Waals surface area contributed by atoms with E-state index < -0.39 is 0 Å². The number of fused-ring (bicyclic) bond motifs is 1. The Morgan fingerprint density at radius 1 is 1.12 bits per heavy atom. The van der Waals surface area contributed by atoms with Gasteiger partial charge in [-0.1, -0.05) is 30.0 Å². The van der Waals surface area contributed by atoms with Crippen molar-refractivity contribution in [2.75, 3.05) is 5.84 Å². The van der Waals surface area contributed by atoms with E-state index in [0.717, 1.165) is 11.3 Å². The minimum absolute atomic E-state index is 0.339. The van der Waals surface area contributed by atoms with E-state index in [0.29, 0.717) is 22.3 Å². The maximum Gasteiger partial charge on any atom is 0.210 e. The second-order valence-electron chi connectivity index (χ2n) is 5.17. The first-order chi connectivity index (χ1) is 11.7. The molecule has 0 spiro atoms. The Labute approximate surface area is 141 Å². The van der Waals surface area contributed by atoms with Crippen LogP contribution in [0.25, 0.3) is 17.0 Å². The van der Waals surface area contributed by atoms with E-state index in [4.69, 9.17) is 5.84 Å². The molecule has 2 N–H and O–H groups in total. The molecule has 0 saturated carbocycles. The summed E-state index contributed by atoms with van der Waals surface area (Å²) in [6.45, 7) is 0. The number of imidazole rings is 1. The van der Waals surface area contributed by atoms with Crippen LogP contribution in [0, 0.1) is 5.82 Å². The number of nitrogens with zero attached hydrogens (tertiary/aromatic N) is 5. The van der Waals surface area contributed by atoms with Crippen LogP contribution in [-0.2, 0) is 5.75 Å². The number of thioether (sulfide) groups is 1. The van der Waals surface area contributed by atoms with E-state index in [1.54, 1.807) is 12.1 Å². The molecule has 3 aromatic heterocycles. The van der Waals surface area contributed by atoms with Crippen LogP contribution < -0.4 is 5.84 Å². The highest BCUT2D eigenvalue weighted by molar-refractivity contribution is 7.98. The summed E-state index contributed by atoms with van der Waals surface area (Å²) in [7, 11) is 0. The summed E-state index contributed by atoms with van der Waals surface area (Å²) in [6, 6.07) is 12.0. The molecule has 0 aliphatic rings. The third kappa shape index (κ3) is 2.71. The van der Waals surface area contributed by atoms with Crippen molar-refractivity contribution in [3.63, 3.8) is 0 Å². The lowest BCUT2D eigenvalue weighted by Gasteiger charge is -2.03. The van der Waals surface area contributed by atoms with Gasteiger partial charge in [-0.2, -0.15) is 0 Å². The molecular formula is C16H13FN6S. The summed E-state index contributed by atoms with van der Waals surface area (Å²) in [5.41, 5.74) is 2.40. The van der Waals surface area contributed by atoms with Crippen molar-refractivity contribution in [2.24, 2.45) is 0 Å². The molecule has 0 bridgehead atoms. The van der Waals surface area contributed by atoms with Crippen LogP contribution in [0.3, 0.4) is 0 Å². The molecule has 4 rings (SSSR count). The Morgan fingerprint density at radius 3 is 2.88 bits per heavy atom. The quantitative estimate of drug-likeness (QED) is 0.457. The Morgan fingerprint density at radius 2 is 2.04 bits per heavy atom. The van der Waals surface area contributed by atoms with Gasteiger partial charge in [0.25, 0.3) is 0 Å². The summed E-state index contributed by atoms with van der Waals surface area (Å²) >= 11 is 1.43. The van der Waals surface area contributed by atoms with Crippen LogP contribution in [0.4, 0.5) is 4.39 Å². The minimum Gasteiger partial charge on any atom is -0.335 e. The first kappa shape index (κ1) is 14.7. The topological polar surface area (TPSA) is 74.0 Å². The Bertz CT molecular complexity index is 976. The molecule has 1 aromatic carbocycles. The smallest absolute Gasteiger partial charge is 0.210 e. The number of rotatable bonds is 4. The standard InChI is InChI=1S/C16H13FN6S/c17-12-5-3-4-11(8-12)15-20-21-16(23(15)18)24-10-13-9-22-7-2-1-6-14(22)19-13/h1-9H,10,18H2. The number of benzene rings is 1. The molecule has 0 amide bonds. The third-order valence-corrected chi connectivity index (χ3v) is 4.49. The van der Waals surface area contributed by atoms with Gasteiger partial charge in [0.15, 0.2) is 5.82 Å². The lowest BCUT2D eigenvalue weighted by molar-refractivity contribution is 0.628. The SMILES string of the molecule is Nn1c(SCc2cn3ccccc3n2)nnc1-c1cccc(F)c1. The van der Waals surface area contributed by atoms with Gasteiger partial charge in [0.1, 0.15) is 11.5 Å². The Balaban J connectivity index is 1.55. The van der Waals surface area contributed by atoms with E-state index in [-0.39, 0.29) is 5.82 Å². The van der Waals surface area contributed by atoms with Crippen LogP contribution in [0.1, 0.15) is 5.69 Å². The van der Waals surface area contributed by atoms with Gasteiger partial charge >= 0.3 is 0 Å². The van der Waals surface area contributed by atoms with E-state index >= 15 is 0 Å². The van der Waals surface area contributed by atoms with Gasteiger partial charge in [0.05, 0.1) is 5.69 Å². The van der Waals surface area contributed by atoms with Crippen LogP contribution in [0.15, 0.2) is 60.0 Å². The van der Waals surface area contributed by atoms with Crippen molar-refractivity contribution >= 4 is 17.4 Å². The molecule has 4 aromatic rings. The second-order valence-corrected chi connectivity index (χ2v) is 6.12. The maximum atomic E-state index is 13.3. The minimum atomic E-state index is -0.339. The number of pyridine rings is 1. The fourth-order valence-electron chi connectivity index (χ4n) is 2.40. The number of hydrogen-bond acceptors (Lipinski definition) is 5. The number of aromatic nitrogens is 5. The zero-order valence-corrected chi connectivity index (χ0v) is 13.3. The van der Waals surface area contributed by atoms with Gasteiger partial charge in [-0.05, 0) is 24.3 Å². The monoisotopic (exact) mass is 340 g/mol. The van der Waals surface area contributed by atoms with Crippen molar-refractivity contribution in [3.8, 4) is 11.4 Å². The highest BCUT2D eigenvalue weighted by Crippen LogP contribution is 2.24. The number of nitrogens with two attached hydrogens (primary N) is 1. The molecule has 120 valence electrons. The molecular weight excluding hydrogens is 327 g/mol. The fourth-order valence-corrected chi connectivity index (χ4v) is 3.14. The van der Waals surface area contributed by atoms with Gasteiger partial charge in [-0.15, -0.1) is 10.2 Å². The summed E-state index contributed by atoms with van der Waals surface area (Å²) in [5, 5.41) is 8.69. The van der Waals surface area contributed by atoms with E-state index in [9.17, 15) is 4.39 Å². The lowest BCUT2D eigenvalue weighted by Crippen LogP contribution is -2.11. The average Bonchev–Trinajstić information content (AvgIpc) is 3.16. The molecule has 24 heavy (non-hydrogen) atoms. The average molecular weight is 340 g/mol. The molecule has 6 nitrogen and oxygen atoms in total. The van der Waals surface area contributed by atoms with Crippen molar-refractivity contribution in [1.82, 2.24) is 24.3 Å². The van der Waals surface area contributed by atoms with Crippen LogP contribution in [-0.4, -0.2) is 24.3 Å². The highest BCUT2D eigenvalue weighted by Gasteiger charge is 2.13. The van der Waals surface area contributed by atoms with E-state index in [1.165, 1.54) is 28.6 Å². The summed E-state index contributed by atoms with van der Waals surface area (Å²) < 4.78 is 16.7. The summed E-state index contributed by atoms with van der Waals surface area (Å²) in [4.78, 5) is 4.53. The second kappa shape index (κ2) is 5.97. The van der Waals surface area contributed by atoms with Crippen LogP contribution in [0.2, 0.25) is 0 Å². The Kier molecular flexibility index (Phi) is 3.66. The molecule has 8 heteroatoms. The molecule has 0 fully saturated rings. The van der Waals surface area contributed by atoms with Gasteiger partial charge in [-0.25, -0.2) is 14.1 Å². The largest absolute Gasteiger partial charge is 0.335 e. The maximum absolute atomic E-state index is 13.3. The number of halogens is 1. The molecule has 0 aliphatic heterocycles. The predicted molar refractivity (Wildman–Crippen MR) is 90.3 cm³/mol. The van der Waals surface area contributed by atoms with Gasteiger partial charge < -0.3 is 10.2 Å². The Hall–Kier alpha value is -2.87. The van der Waals surface area contributed by atoms with Crippen LogP contribution >= 0.6 is 11.8 Å². The normalized spacial score (nSPS) is 11.2. The van der Waals surface area contributed by atoms with Crippen LogP contribution in [0.5, 0.6) is 0 Å². The zero-order valence-electron chi connectivity index (χ0n) is 12.5. The van der Waals surface area contributed by atoms with E-state index in [2.05, 4.69) is 15.2 Å². The summed E-state index contributed by atoms with van der Waals surface area (Å²) in [5.74, 6) is 6.74. The van der Waals surface area contributed by atoms with Gasteiger partial charge in [0, 0.05) is 23.7 Å². The molecule has 0 radical (unpaired) electrons. The van der Waals surface area contributed by atoms with Crippen molar-refractivity contribution < 1.29 is 4.39 Å². The lowest BCUT2D eigenvalue weighted by atomic mass is 10.2. The molecule has 0 atom stereocenters.